The van der Waals surface area contributed by atoms with Gasteiger partial charge in [-0.1, -0.05) is 0 Å². The number of hydrogen-bond acceptors (Lipinski definition) is 4. The number of hydrogen-bond donors (Lipinski definition) is 2. The van der Waals surface area contributed by atoms with Gasteiger partial charge in [0.2, 0.25) is 5.91 Å². The largest absolute Gasteiger partial charge is 0.494 e. The second kappa shape index (κ2) is 6.02. The topological polar surface area (TPSA) is 98.5 Å². The Morgan fingerprint density at radius 1 is 1.18 bits per heavy atom. The third-order valence-electron chi connectivity index (χ3n) is 2.85. The molecule has 0 atom stereocenters. The van der Waals surface area contributed by atoms with E-state index in [1.165, 1.54) is 31.4 Å². The van der Waals surface area contributed by atoms with Crippen LogP contribution in [0.5, 0.6) is 5.75 Å². The summed E-state index contributed by atoms with van der Waals surface area (Å²) in [6, 6.07) is 8.80. The van der Waals surface area contributed by atoms with Crippen molar-refractivity contribution in [1.29, 1.82) is 0 Å². The molecular weight excluding hydrogens is 311 g/mol. The van der Waals surface area contributed by atoms with E-state index < -0.39 is 21.7 Å². The minimum atomic E-state index is -3.91. The zero-order chi connectivity index (χ0) is 16.3. The number of methoxy groups -OCH3 is 1. The predicted octanol–water partition coefficient (Wildman–Crippen LogP) is 1.73. The predicted molar refractivity (Wildman–Crippen MR) is 78.7 cm³/mol. The Morgan fingerprint density at radius 3 is 2.36 bits per heavy atom. The lowest BCUT2D eigenvalue weighted by Gasteiger charge is -2.10. The van der Waals surface area contributed by atoms with Gasteiger partial charge in [0.15, 0.2) is 11.6 Å². The molecule has 8 heteroatoms. The number of primary amides is 1. The van der Waals surface area contributed by atoms with Crippen molar-refractivity contribution >= 4 is 21.6 Å². The third kappa shape index (κ3) is 3.34. The molecule has 3 N–H and O–H groups in total. The highest BCUT2D eigenvalue weighted by molar-refractivity contribution is 7.92. The number of nitrogens with one attached hydrogen (secondary N) is 1. The van der Waals surface area contributed by atoms with E-state index in [2.05, 4.69) is 4.72 Å². The molecule has 1 amide bonds. The average Bonchev–Trinajstić information content (AvgIpc) is 2.47. The van der Waals surface area contributed by atoms with Crippen LogP contribution in [-0.4, -0.2) is 21.4 Å². The summed E-state index contributed by atoms with van der Waals surface area (Å²) in [5, 5.41) is 0. The summed E-state index contributed by atoms with van der Waals surface area (Å²) in [5.74, 6) is -1.45. The van der Waals surface area contributed by atoms with E-state index >= 15 is 0 Å². The van der Waals surface area contributed by atoms with Gasteiger partial charge in [-0.05, 0) is 36.4 Å². The first kappa shape index (κ1) is 15.8. The van der Waals surface area contributed by atoms with Crippen LogP contribution in [0.1, 0.15) is 10.4 Å². The minimum absolute atomic E-state index is 0.148. The highest BCUT2D eigenvalue weighted by atomic mass is 32.2. The van der Waals surface area contributed by atoms with Gasteiger partial charge in [0.25, 0.3) is 10.0 Å². The maximum atomic E-state index is 13.3. The second-order valence-corrected chi connectivity index (χ2v) is 6.03. The Morgan fingerprint density at radius 2 is 1.82 bits per heavy atom. The second-order valence-electron chi connectivity index (χ2n) is 4.34. The Hall–Kier alpha value is -2.61. The molecule has 0 radical (unpaired) electrons. The van der Waals surface area contributed by atoms with Gasteiger partial charge in [0, 0.05) is 17.3 Å². The molecule has 2 aromatic carbocycles. The van der Waals surface area contributed by atoms with Crippen molar-refractivity contribution in [1.82, 2.24) is 0 Å². The number of carbonyl (C=O) groups is 1. The first-order valence-corrected chi connectivity index (χ1v) is 7.58. The smallest absolute Gasteiger partial charge is 0.262 e. The van der Waals surface area contributed by atoms with Crippen LogP contribution in [-0.2, 0) is 10.0 Å². The molecule has 2 rings (SSSR count). The number of ether oxygens (including phenoxy) is 1. The number of amides is 1. The summed E-state index contributed by atoms with van der Waals surface area (Å²) in [7, 11) is -2.67. The molecule has 22 heavy (non-hydrogen) atoms. The Labute approximate surface area is 126 Å². The van der Waals surface area contributed by atoms with Gasteiger partial charge >= 0.3 is 0 Å². The SMILES string of the molecule is COc1cc(S(=O)(=O)Nc2ccc(C(N)=O)cc2)ccc1F. The molecule has 0 fully saturated rings. The number of carbonyl (C=O) groups excluding carboxylic acids is 1. The summed E-state index contributed by atoms with van der Waals surface area (Å²) in [4.78, 5) is 10.8. The van der Waals surface area contributed by atoms with Crippen molar-refractivity contribution in [2.75, 3.05) is 11.8 Å². The lowest BCUT2D eigenvalue weighted by molar-refractivity contribution is 0.100. The van der Waals surface area contributed by atoms with Crippen molar-refractivity contribution in [3.63, 3.8) is 0 Å². The van der Waals surface area contributed by atoms with Crippen LogP contribution in [0.25, 0.3) is 0 Å². The molecule has 0 unspecified atom stereocenters. The van der Waals surface area contributed by atoms with Crippen LogP contribution in [0.4, 0.5) is 10.1 Å². The molecule has 0 aliphatic carbocycles. The van der Waals surface area contributed by atoms with Crippen molar-refractivity contribution in [2.24, 2.45) is 5.73 Å². The van der Waals surface area contributed by atoms with E-state index in [-0.39, 0.29) is 21.9 Å². The summed E-state index contributed by atoms with van der Waals surface area (Å²) >= 11 is 0. The molecular formula is C14H13FN2O4S. The van der Waals surface area contributed by atoms with Crippen molar-refractivity contribution in [2.45, 2.75) is 4.90 Å². The van der Waals surface area contributed by atoms with Crippen LogP contribution in [0, 0.1) is 5.82 Å². The number of halogens is 1. The maximum Gasteiger partial charge on any atom is 0.262 e. The number of rotatable bonds is 5. The van der Waals surface area contributed by atoms with E-state index in [1.807, 2.05) is 0 Å². The lowest BCUT2D eigenvalue weighted by atomic mass is 10.2. The zero-order valence-electron chi connectivity index (χ0n) is 11.5. The van der Waals surface area contributed by atoms with Crippen LogP contribution in [0.15, 0.2) is 47.4 Å². The standard InChI is InChI=1S/C14H13FN2O4S/c1-21-13-8-11(6-7-12(13)15)22(19,20)17-10-4-2-9(3-5-10)14(16)18/h2-8,17H,1H3,(H2,16,18). The van der Waals surface area contributed by atoms with E-state index in [0.29, 0.717) is 0 Å². The lowest BCUT2D eigenvalue weighted by Crippen LogP contribution is -2.14. The highest BCUT2D eigenvalue weighted by Crippen LogP contribution is 2.23. The zero-order valence-corrected chi connectivity index (χ0v) is 12.4. The quantitative estimate of drug-likeness (QED) is 0.875. The van der Waals surface area contributed by atoms with E-state index in [1.54, 1.807) is 0 Å². The Kier molecular flexibility index (Phi) is 4.32. The van der Waals surface area contributed by atoms with Gasteiger partial charge < -0.3 is 10.5 Å². The fraction of sp³-hybridized carbons (Fsp3) is 0.0714. The van der Waals surface area contributed by atoms with Crippen LogP contribution >= 0.6 is 0 Å². The molecule has 0 aromatic heterocycles. The molecule has 2 aromatic rings. The molecule has 0 spiro atoms. The molecule has 0 aliphatic heterocycles. The van der Waals surface area contributed by atoms with Gasteiger partial charge in [-0.15, -0.1) is 0 Å². The number of nitrogens with two attached hydrogens (primary N) is 1. The summed E-state index contributed by atoms with van der Waals surface area (Å²) in [6.07, 6.45) is 0. The van der Waals surface area contributed by atoms with Crippen molar-refractivity contribution in [3.8, 4) is 5.75 Å². The molecule has 0 aliphatic rings. The molecule has 0 heterocycles. The molecule has 0 saturated carbocycles. The van der Waals surface area contributed by atoms with Crippen LogP contribution in [0.3, 0.4) is 0 Å². The summed E-state index contributed by atoms with van der Waals surface area (Å²) in [6.45, 7) is 0. The van der Waals surface area contributed by atoms with Crippen molar-refractivity contribution in [3.05, 3.63) is 53.8 Å². The molecule has 116 valence electrons. The number of anilines is 1. The first-order valence-electron chi connectivity index (χ1n) is 6.10. The monoisotopic (exact) mass is 324 g/mol. The van der Waals surface area contributed by atoms with Gasteiger partial charge in [0.1, 0.15) is 0 Å². The third-order valence-corrected chi connectivity index (χ3v) is 4.23. The Balaban J connectivity index is 2.29. The first-order chi connectivity index (χ1) is 10.3. The van der Waals surface area contributed by atoms with Gasteiger partial charge in [-0.3, -0.25) is 9.52 Å². The average molecular weight is 324 g/mol. The highest BCUT2D eigenvalue weighted by Gasteiger charge is 2.17. The van der Waals surface area contributed by atoms with Crippen LogP contribution < -0.4 is 15.2 Å². The number of sulfonamides is 1. The normalized spacial score (nSPS) is 11.0. The van der Waals surface area contributed by atoms with E-state index in [4.69, 9.17) is 10.5 Å². The van der Waals surface area contributed by atoms with Gasteiger partial charge in [-0.2, -0.15) is 0 Å². The summed E-state index contributed by atoms with van der Waals surface area (Å²) in [5.41, 5.74) is 5.60. The van der Waals surface area contributed by atoms with Gasteiger partial charge in [-0.25, -0.2) is 12.8 Å². The summed E-state index contributed by atoms with van der Waals surface area (Å²) < 4.78 is 44.8. The fourth-order valence-corrected chi connectivity index (χ4v) is 2.80. The molecule has 0 saturated heterocycles. The fourth-order valence-electron chi connectivity index (χ4n) is 1.72. The maximum absolute atomic E-state index is 13.3. The molecule has 6 nitrogen and oxygen atoms in total. The van der Waals surface area contributed by atoms with Crippen LogP contribution in [0.2, 0.25) is 0 Å². The van der Waals surface area contributed by atoms with E-state index in [9.17, 15) is 17.6 Å². The van der Waals surface area contributed by atoms with Crippen molar-refractivity contribution < 1.29 is 22.3 Å². The van der Waals surface area contributed by atoms with Gasteiger partial charge in [0.05, 0.1) is 12.0 Å². The molecule has 0 bridgehead atoms. The minimum Gasteiger partial charge on any atom is -0.494 e. The van der Waals surface area contributed by atoms with E-state index in [0.717, 1.165) is 18.2 Å². The Bertz CT molecular complexity index is 804. The number of benzene rings is 2.